The summed E-state index contributed by atoms with van der Waals surface area (Å²) < 4.78 is 16.6. The van der Waals surface area contributed by atoms with E-state index in [2.05, 4.69) is 10.1 Å². The quantitative estimate of drug-likeness (QED) is 0.853. The molecular weight excluding hydrogens is 322 g/mol. The van der Waals surface area contributed by atoms with Crippen LogP contribution in [0.3, 0.4) is 0 Å². The third-order valence-electron chi connectivity index (χ3n) is 4.56. The Hall–Kier alpha value is -2.57. The van der Waals surface area contributed by atoms with E-state index in [0.29, 0.717) is 48.5 Å². The zero-order valence-corrected chi connectivity index (χ0v) is 14.4. The molecular formula is C18H21N3O4. The highest BCUT2D eigenvalue weighted by molar-refractivity contribution is 5.98. The summed E-state index contributed by atoms with van der Waals surface area (Å²) in [5.41, 5.74) is 0.525. The number of likely N-dealkylation sites (tertiary alicyclic amines) is 1. The van der Waals surface area contributed by atoms with Gasteiger partial charge in [-0.3, -0.25) is 4.79 Å². The van der Waals surface area contributed by atoms with E-state index in [1.165, 1.54) is 0 Å². The summed E-state index contributed by atoms with van der Waals surface area (Å²) in [6.07, 6.45) is 1.74. The SMILES string of the molecule is CC(C)c1nc(C2CCCN2C(=O)c2cccc3c2OCCO3)no1. The molecule has 25 heavy (non-hydrogen) atoms. The number of nitrogens with zero attached hydrogens (tertiary/aromatic N) is 3. The number of hydrogen-bond acceptors (Lipinski definition) is 6. The maximum Gasteiger partial charge on any atom is 0.258 e. The van der Waals surface area contributed by atoms with Crippen LogP contribution in [0, 0.1) is 0 Å². The van der Waals surface area contributed by atoms with Gasteiger partial charge in [-0.05, 0) is 25.0 Å². The molecule has 0 spiro atoms. The van der Waals surface area contributed by atoms with Gasteiger partial charge in [-0.15, -0.1) is 0 Å². The highest BCUT2D eigenvalue weighted by atomic mass is 16.6. The first kappa shape index (κ1) is 15.9. The third-order valence-corrected chi connectivity index (χ3v) is 4.56. The summed E-state index contributed by atoms with van der Waals surface area (Å²) in [5, 5.41) is 4.10. The fraction of sp³-hybridized carbons (Fsp3) is 0.500. The van der Waals surface area contributed by atoms with E-state index in [-0.39, 0.29) is 17.9 Å². The van der Waals surface area contributed by atoms with Crippen molar-refractivity contribution in [2.75, 3.05) is 19.8 Å². The maximum absolute atomic E-state index is 13.1. The Morgan fingerprint density at radius 3 is 2.92 bits per heavy atom. The normalized spacial score (nSPS) is 19.5. The van der Waals surface area contributed by atoms with E-state index in [1.54, 1.807) is 6.07 Å². The van der Waals surface area contributed by atoms with Crippen LogP contribution in [-0.2, 0) is 0 Å². The topological polar surface area (TPSA) is 77.7 Å². The van der Waals surface area contributed by atoms with Crippen molar-refractivity contribution >= 4 is 5.91 Å². The first-order chi connectivity index (χ1) is 12.1. The number of carbonyl (C=O) groups excluding carboxylic acids is 1. The van der Waals surface area contributed by atoms with Crippen LogP contribution in [0.4, 0.5) is 0 Å². The van der Waals surface area contributed by atoms with Gasteiger partial charge in [0.2, 0.25) is 5.89 Å². The van der Waals surface area contributed by atoms with Gasteiger partial charge in [0.25, 0.3) is 5.91 Å². The first-order valence-corrected chi connectivity index (χ1v) is 8.68. The third kappa shape index (κ3) is 2.83. The van der Waals surface area contributed by atoms with Gasteiger partial charge < -0.3 is 18.9 Å². The number of hydrogen-bond donors (Lipinski definition) is 0. The minimum atomic E-state index is -0.163. The van der Waals surface area contributed by atoms with Gasteiger partial charge in [0.15, 0.2) is 17.3 Å². The summed E-state index contributed by atoms with van der Waals surface area (Å²) in [7, 11) is 0. The second kappa shape index (κ2) is 6.38. The minimum Gasteiger partial charge on any atom is -0.486 e. The molecule has 1 aromatic carbocycles. The van der Waals surface area contributed by atoms with Gasteiger partial charge in [0.1, 0.15) is 13.2 Å². The second-order valence-corrected chi connectivity index (χ2v) is 6.63. The van der Waals surface area contributed by atoms with Crippen LogP contribution in [0.1, 0.15) is 60.7 Å². The van der Waals surface area contributed by atoms with Crippen molar-refractivity contribution in [1.29, 1.82) is 0 Å². The molecule has 0 saturated carbocycles. The van der Waals surface area contributed by atoms with Crippen molar-refractivity contribution in [1.82, 2.24) is 15.0 Å². The van der Waals surface area contributed by atoms with Gasteiger partial charge >= 0.3 is 0 Å². The smallest absolute Gasteiger partial charge is 0.258 e. The molecule has 7 heteroatoms. The molecule has 2 aromatic rings. The Balaban J connectivity index is 1.63. The van der Waals surface area contributed by atoms with Crippen molar-refractivity contribution in [3.05, 3.63) is 35.5 Å². The van der Waals surface area contributed by atoms with Crippen LogP contribution in [-0.4, -0.2) is 40.7 Å². The Kier molecular flexibility index (Phi) is 4.07. The molecule has 0 N–H and O–H groups in total. The number of para-hydroxylation sites is 1. The van der Waals surface area contributed by atoms with Crippen molar-refractivity contribution in [3.8, 4) is 11.5 Å². The van der Waals surface area contributed by atoms with Gasteiger partial charge in [-0.25, -0.2) is 0 Å². The van der Waals surface area contributed by atoms with Crippen LogP contribution in [0.5, 0.6) is 11.5 Å². The lowest BCUT2D eigenvalue weighted by atomic mass is 10.1. The van der Waals surface area contributed by atoms with Crippen molar-refractivity contribution in [2.24, 2.45) is 0 Å². The average Bonchev–Trinajstić information content (AvgIpc) is 3.29. The fourth-order valence-corrected chi connectivity index (χ4v) is 3.29. The lowest BCUT2D eigenvalue weighted by Gasteiger charge is -2.25. The zero-order chi connectivity index (χ0) is 17.4. The van der Waals surface area contributed by atoms with Crippen LogP contribution in [0.15, 0.2) is 22.7 Å². The molecule has 3 heterocycles. The molecule has 2 aliphatic heterocycles. The van der Waals surface area contributed by atoms with Crippen LogP contribution in [0.2, 0.25) is 0 Å². The monoisotopic (exact) mass is 343 g/mol. The summed E-state index contributed by atoms with van der Waals surface area (Å²) >= 11 is 0. The molecule has 7 nitrogen and oxygen atoms in total. The lowest BCUT2D eigenvalue weighted by Crippen LogP contribution is -2.32. The van der Waals surface area contributed by atoms with Gasteiger partial charge in [-0.2, -0.15) is 4.98 Å². The van der Waals surface area contributed by atoms with E-state index in [0.717, 1.165) is 12.8 Å². The molecule has 1 amide bonds. The lowest BCUT2D eigenvalue weighted by molar-refractivity contribution is 0.0718. The Morgan fingerprint density at radius 1 is 1.28 bits per heavy atom. The molecule has 132 valence electrons. The molecule has 4 rings (SSSR count). The maximum atomic E-state index is 13.1. The highest BCUT2D eigenvalue weighted by Crippen LogP contribution is 2.38. The molecule has 1 fully saturated rings. The van der Waals surface area contributed by atoms with E-state index in [4.69, 9.17) is 14.0 Å². The van der Waals surface area contributed by atoms with Crippen LogP contribution in [0.25, 0.3) is 0 Å². The average molecular weight is 343 g/mol. The summed E-state index contributed by atoms with van der Waals surface area (Å²) in [5.74, 6) is 2.41. The van der Waals surface area contributed by atoms with Crippen molar-refractivity contribution < 1.29 is 18.8 Å². The van der Waals surface area contributed by atoms with E-state index < -0.39 is 0 Å². The number of carbonyl (C=O) groups is 1. The summed E-state index contributed by atoms with van der Waals surface area (Å²) in [4.78, 5) is 19.4. The fourth-order valence-electron chi connectivity index (χ4n) is 3.29. The molecule has 2 aliphatic rings. The van der Waals surface area contributed by atoms with E-state index in [9.17, 15) is 4.79 Å². The number of fused-ring (bicyclic) bond motifs is 1. The predicted octanol–water partition coefficient (Wildman–Crippen LogP) is 2.94. The van der Waals surface area contributed by atoms with Gasteiger partial charge in [-0.1, -0.05) is 25.1 Å². The number of rotatable bonds is 3. The highest BCUT2D eigenvalue weighted by Gasteiger charge is 2.36. The standard InChI is InChI=1S/C18H21N3O4/c1-11(2)17-19-16(20-25-17)13-6-4-8-21(13)18(22)12-5-3-7-14-15(12)24-10-9-23-14/h3,5,7,11,13H,4,6,8-10H2,1-2H3. The summed E-state index contributed by atoms with van der Waals surface area (Å²) in [6.45, 7) is 5.62. The summed E-state index contributed by atoms with van der Waals surface area (Å²) in [6, 6.07) is 5.25. The number of benzene rings is 1. The molecule has 1 saturated heterocycles. The zero-order valence-electron chi connectivity index (χ0n) is 14.4. The second-order valence-electron chi connectivity index (χ2n) is 6.63. The Morgan fingerprint density at radius 2 is 2.12 bits per heavy atom. The predicted molar refractivity (Wildman–Crippen MR) is 88.8 cm³/mol. The van der Waals surface area contributed by atoms with Crippen LogP contribution >= 0.6 is 0 Å². The number of aromatic nitrogens is 2. The van der Waals surface area contributed by atoms with Gasteiger partial charge in [0, 0.05) is 12.5 Å². The molecule has 0 aliphatic carbocycles. The van der Waals surface area contributed by atoms with E-state index in [1.807, 2.05) is 30.9 Å². The molecule has 1 unspecified atom stereocenters. The van der Waals surface area contributed by atoms with Crippen LogP contribution < -0.4 is 9.47 Å². The van der Waals surface area contributed by atoms with Gasteiger partial charge in [0.05, 0.1) is 11.6 Å². The Bertz CT molecular complexity index is 786. The minimum absolute atomic E-state index is 0.0826. The first-order valence-electron chi connectivity index (χ1n) is 8.68. The number of amides is 1. The molecule has 0 bridgehead atoms. The number of ether oxygens (including phenoxy) is 2. The molecule has 1 aromatic heterocycles. The van der Waals surface area contributed by atoms with Crippen molar-refractivity contribution in [2.45, 2.75) is 38.6 Å². The largest absolute Gasteiger partial charge is 0.486 e. The molecule has 1 atom stereocenters. The Labute approximate surface area is 145 Å². The molecule has 0 radical (unpaired) electrons. The van der Waals surface area contributed by atoms with Crippen molar-refractivity contribution in [3.63, 3.8) is 0 Å². The van der Waals surface area contributed by atoms with E-state index >= 15 is 0 Å².